The number of halogens is 2. The summed E-state index contributed by atoms with van der Waals surface area (Å²) in [5.41, 5.74) is 1.52. The van der Waals surface area contributed by atoms with Crippen molar-refractivity contribution in [1.82, 2.24) is 4.98 Å². The zero-order valence-electron chi connectivity index (χ0n) is 12.7. The highest BCUT2D eigenvalue weighted by molar-refractivity contribution is 7.14. The van der Waals surface area contributed by atoms with Crippen LogP contribution in [0.2, 0.25) is 0 Å². The summed E-state index contributed by atoms with van der Waals surface area (Å²) in [7, 11) is 0. The molecule has 0 unspecified atom stereocenters. The molecule has 122 valence electrons. The Morgan fingerprint density at radius 1 is 1.43 bits per heavy atom. The number of thiazole rings is 1. The molecule has 2 aromatic rings. The molecule has 0 aliphatic rings. The van der Waals surface area contributed by atoms with E-state index in [1.165, 1.54) is 17.4 Å². The summed E-state index contributed by atoms with van der Waals surface area (Å²) in [6.07, 6.45) is 2.58. The predicted molar refractivity (Wildman–Crippen MR) is 86.9 cm³/mol. The highest BCUT2D eigenvalue weighted by atomic mass is 32.1. The number of carbonyl (C=O) groups excluding carboxylic acids is 1. The number of nitrogens with one attached hydrogen (secondary N) is 1. The first kappa shape index (κ1) is 17.1. The zero-order valence-corrected chi connectivity index (χ0v) is 13.5. The average molecular weight is 338 g/mol. The standard InChI is InChI=1S/C16H16F2N2O2S/c1-3-6-10(2)14(21)20-16-19-12(9-23-16)11-7-4-5-8-13(11)22-15(17)18/h4-9,15H,3H2,1-2H3,(H,19,20,21)/b10-6-. The van der Waals surface area contributed by atoms with E-state index in [0.717, 1.165) is 6.42 Å². The van der Waals surface area contributed by atoms with Gasteiger partial charge in [0, 0.05) is 16.5 Å². The second-order valence-corrected chi connectivity index (χ2v) is 5.52. The molecule has 0 atom stereocenters. The van der Waals surface area contributed by atoms with Gasteiger partial charge in [-0.3, -0.25) is 10.1 Å². The van der Waals surface area contributed by atoms with Gasteiger partial charge in [-0.25, -0.2) is 4.98 Å². The van der Waals surface area contributed by atoms with Gasteiger partial charge in [0.2, 0.25) is 0 Å². The third kappa shape index (κ3) is 4.59. The number of hydrogen-bond acceptors (Lipinski definition) is 4. The van der Waals surface area contributed by atoms with Gasteiger partial charge in [0.1, 0.15) is 5.75 Å². The second kappa shape index (κ2) is 7.82. The van der Waals surface area contributed by atoms with E-state index >= 15 is 0 Å². The van der Waals surface area contributed by atoms with Crippen molar-refractivity contribution < 1.29 is 18.3 Å². The Kier molecular flexibility index (Phi) is 5.81. The number of nitrogens with zero attached hydrogens (tertiary/aromatic N) is 1. The van der Waals surface area contributed by atoms with Gasteiger partial charge in [-0.05, 0) is 25.5 Å². The summed E-state index contributed by atoms with van der Waals surface area (Å²) in [6, 6.07) is 6.41. The van der Waals surface area contributed by atoms with Crippen molar-refractivity contribution in [2.75, 3.05) is 5.32 Å². The van der Waals surface area contributed by atoms with Crippen LogP contribution in [0.15, 0.2) is 41.3 Å². The number of benzene rings is 1. The number of rotatable bonds is 6. The molecule has 0 radical (unpaired) electrons. The van der Waals surface area contributed by atoms with E-state index in [1.807, 2.05) is 13.0 Å². The van der Waals surface area contributed by atoms with Gasteiger partial charge in [-0.15, -0.1) is 11.3 Å². The minimum absolute atomic E-state index is 0.0488. The predicted octanol–water partition coefficient (Wildman–Crippen LogP) is 4.71. The third-order valence-electron chi connectivity index (χ3n) is 2.97. The molecule has 1 heterocycles. The molecule has 0 fully saturated rings. The minimum Gasteiger partial charge on any atom is -0.434 e. The van der Waals surface area contributed by atoms with Crippen LogP contribution in [0.5, 0.6) is 5.75 Å². The molecule has 0 saturated heterocycles. The molecule has 0 aliphatic heterocycles. The molecule has 1 amide bonds. The van der Waals surface area contributed by atoms with Gasteiger partial charge in [-0.2, -0.15) is 8.78 Å². The second-order valence-electron chi connectivity index (χ2n) is 4.66. The molecule has 0 saturated carbocycles. The normalized spacial score (nSPS) is 11.6. The van der Waals surface area contributed by atoms with Gasteiger partial charge in [-0.1, -0.05) is 25.1 Å². The van der Waals surface area contributed by atoms with Gasteiger partial charge >= 0.3 is 6.61 Å². The topological polar surface area (TPSA) is 51.2 Å². The summed E-state index contributed by atoms with van der Waals surface area (Å²) >= 11 is 1.22. The van der Waals surface area contributed by atoms with Crippen molar-refractivity contribution in [3.8, 4) is 17.0 Å². The Hall–Kier alpha value is -2.28. The number of para-hydroxylation sites is 1. The van der Waals surface area contributed by atoms with Crippen molar-refractivity contribution in [2.45, 2.75) is 26.9 Å². The largest absolute Gasteiger partial charge is 0.434 e. The van der Waals surface area contributed by atoms with Crippen molar-refractivity contribution >= 4 is 22.4 Å². The van der Waals surface area contributed by atoms with E-state index in [9.17, 15) is 13.6 Å². The van der Waals surface area contributed by atoms with Crippen molar-refractivity contribution in [3.05, 3.63) is 41.3 Å². The third-order valence-corrected chi connectivity index (χ3v) is 3.73. The lowest BCUT2D eigenvalue weighted by Gasteiger charge is -2.08. The quantitative estimate of drug-likeness (QED) is 0.776. The molecule has 1 N–H and O–H groups in total. The smallest absolute Gasteiger partial charge is 0.387 e. The molecule has 0 spiro atoms. The first-order chi connectivity index (χ1) is 11.0. The number of ether oxygens (including phenoxy) is 1. The molecule has 2 rings (SSSR count). The summed E-state index contributed by atoms with van der Waals surface area (Å²) in [5.74, 6) is -0.183. The molecule has 0 bridgehead atoms. The Morgan fingerprint density at radius 3 is 2.87 bits per heavy atom. The van der Waals surface area contributed by atoms with Gasteiger partial charge in [0.05, 0.1) is 5.69 Å². The summed E-state index contributed by atoms with van der Waals surface area (Å²) in [5, 5.41) is 4.77. The van der Waals surface area contributed by atoms with Crippen LogP contribution in [0, 0.1) is 0 Å². The van der Waals surface area contributed by atoms with Gasteiger partial charge in [0.15, 0.2) is 5.13 Å². The number of carbonyl (C=O) groups is 1. The molecule has 23 heavy (non-hydrogen) atoms. The maximum atomic E-state index is 12.5. The van der Waals surface area contributed by atoms with Crippen LogP contribution < -0.4 is 10.1 Å². The van der Waals surface area contributed by atoms with E-state index < -0.39 is 6.61 Å². The molecular weight excluding hydrogens is 322 g/mol. The van der Waals surface area contributed by atoms with Gasteiger partial charge < -0.3 is 4.74 Å². The van der Waals surface area contributed by atoms with E-state index in [0.29, 0.717) is 22.0 Å². The van der Waals surface area contributed by atoms with Crippen LogP contribution in [0.3, 0.4) is 0 Å². The monoisotopic (exact) mass is 338 g/mol. The molecular formula is C16H16F2N2O2S. The fourth-order valence-electron chi connectivity index (χ4n) is 1.93. The van der Waals surface area contributed by atoms with E-state index in [-0.39, 0.29) is 11.7 Å². The molecule has 1 aromatic carbocycles. The number of hydrogen-bond donors (Lipinski definition) is 1. The molecule has 0 aliphatic carbocycles. The number of amides is 1. The van der Waals surface area contributed by atoms with Crippen LogP contribution in [0.1, 0.15) is 20.3 Å². The average Bonchev–Trinajstić information content (AvgIpc) is 2.95. The minimum atomic E-state index is -2.91. The number of anilines is 1. The summed E-state index contributed by atoms with van der Waals surface area (Å²) < 4.78 is 29.4. The van der Waals surface area contributed by atoms with Gasteiger partial charge in [0.25, 0.3) is 5.91 Å². The van der Waals surface area contributed by atoms with E-state index in [1.54, 1.807) is 30.5 Å². The van der Waals surface area contributed by atoms with E-state index in [2.05, 4.69) is 15.0 Å². The molecule has 1 aromatic heterocycles. The van der Waals surface area contributed by atoms with Crippen molar-refractivity contribution in [2.24, 2.45) is 0 Å². The fraction of sp³-hybridized carbons (Fsp3) is 0.250. The molecule has 7 heteroatoms. The number of alkyl halides is 2. The van der Waals surface area contributed by atoms with Crippen molar-refractivity contribution in [3.63, 3.8) is 0 Å². The van der Waals surface area contributed by atoms with Crippen LogP contribution in [-0.2, 0) is 4.79 Å². The maximum absolute atomic E-state index is 12.5. The van der Waals surface area contributed by atoms with Crippen LogP contribution >= 0.6 is 11.3 Å². The number of allylic oxidation sites excluding steroid dienone is 1. The lowest BCUT2D eigenvalue weighted by Crippen LogP contribution is -2.12. The highest BCUT2D eigenvalue weighted by Crippen LogP contribution is 2.33. The van der Waals surface area contributed by atoms with Crippen LogP contribution in [-0.4, -0.2) is 17.5 Å². The van der Waals surface area contributed by atoms with Crippen LogP contribution in [0.4, 0.5) is 13.9 Å². The summed E-state index contributed by atoms with van der Waals surface area (Å²) in [6.45, 7) is 0.757. The first-order valence-corrected chi connectivity index (χ1v) is 7.87. The Labute approximate surface area is 136 Å². The lowest BCUT2D eigenvalue weighted by atomic mass is 10.1. The summed E-state index contributed by atoms with van der Waals surface area (Å²) in [4.78, 5) is 16.2. The highest BCUT2D eigenvalue weighted by Gasteiger charge is 2.14. The first-order valence-electron chi connectivity index (χ1n) is 6.99. The SMILES string of the molecule is CC/C=C(/C)C(=O)Nc1nc(-c2ccccc2OC(F)F)cs1. The number of aromatic nitrogens is 1. The lowest BCUT2D eigenvalue weighted by molar-refractivity contribution is -0.112. The Bertz CT molecular complexity index is 714. The van der Waals surface area contributed by atoms with E-state index in [4.69, 9.17) is 0 Å². The maximum Gasteiger partial charge on any atom is 0.387 e. The fourth-order valence-corrected chi connectivity index (χ4v) is 2.63. The Morgan fingerprint density at radius 2 is 2.17 bits per heavy atom. The zero-order chi connectivity index (χ0) is 16.8. The Balaban J connectivity index is 2.20. The van der Waals surface area contributed by atoms with Crippen LogP contribution in [0.25, 0.3) is 11.3 Å². The van der Waals surface area contributed by atoms with Crippen molar-refractivity contribution in [1.29, 1.82) is 0 Å². The molecule has 4 nitrogen and oxygen atoms in total.